The van der Waals surface area contributed by atoms with Crippen molar-refractivity contribution in [1.29, 1.82) is 0 Å². The topological polar surface area (TPSA) is 72.3 Å². The van der Waals surface area contributed by atoms with E-state index in [0.29, 0.717) is 5.69 Å². The lowest BCUT2D eigenvalue weighted by atomic mass is 9.96. The minimum atomic E-state index is -0.122. The summed E-state index contributed by atoms with van der Waals surface area (Å²) in [5.41, 5.74) is 13.8. The molecule has 0 amide bonds. The van der Waals surface area contributed by atoms with E-state index in [-0.39, 0.29) is 11.8 Å². The molecule has 3 nitrogen and oxygen atoms in total. The van der Waals surface area contributed by atoms with E-state index in [0.717, 1.165) is 24.0 Å². The van der Waals surface area contributed by atoms with Crippen LogP contribution in [-0.4, -0.2) is 5.11 Å². The summed E-state index contributed by atoms with van der Waals surface area (Å²) in [6, 6.07) is 3.47. The smallest absolute Gasteiger partial charge is 0.143 e. The number of aromatic hydroxyl groups is 1. The Balaban J connectivity index is 3.11. The molecule has 5 N–H and O–H groups in total. The maximum Gasteiger partial charge on any atom is 0.143 e. The van der Waals surface area contributed by atoms with E-state index in [1.54, 1.807) is 6.07 Å². The summed E-state index contributed by atoms with van der Waals surface area (Å²) in [5.74, 6) is 0.144. The number of nitrogens with two attached hydrogens (primary N) is 2. The highest BCUT2D eigenvalue weighted by Crippen LogP contribution is 2.33. The third-order valence-corrected chi connectivity index (χ3v) is 2.44. The molecule has 1 atom stereocenters. The van der Waals surface area contributed by atoms with Gasteiger partial charge in [0.05, 0.1) is 5.69 Å². The Labute approximate surface area is 84.7 Å². The SMILES string of the molecule is CCC[C@@H](N)c1c(C)ccc(N)c1O. The zero-order valence-electron chi connectivity index (χ0n) is 8.75. The van der Waals surface area contributed by atoms with Crippen molar-refractivity contribution in [3.05, 3.63) is 23.3 Å². The lowest BCUT2D eigenvalue weighted by Gasteiger charge is -2.16. The van der Waals surface area contributed by atoms with E-state index in [1.165, 1.54) is 0 Å². The van der Waals surface area contributed by atoms with Crippen LogP contribution < -0.4 is 11.5 Å². The molecule has 0 heterocycles. The van der Waals surface area contributed by atoms with Gasteiger partial charge >= 0.3 is 0 Å². The standard InChI is InChI=1S/C11H18N2O/c1-3-4-8(12)10-7(2)5-6-9(13)11(10)14/h5-6,8,14H,3-4,12-13H2,1-2H3/t8-/m1/s1. The van der Waals surface area contributed by atoms with Gasteiger partial charge in [-0.25, -0.2) is 0 Å². The number of aryl methyl sites for hydroxylation is 1. The van der Waals surface area contributed by atoms with Gasteiger partial charge < -0.3 is 16.6 Å². The molecule has 0 saturated carbocycles. The van der Waals surface area contributed by atoms with Gasteiger partial charge in [0.1, 0.15) is 5.75 Å². The summed E-state index contributed by atoms with van der Waals surface area (Å²) >= 11 is 0. The van der Waals surface area contributed by atoms with Crippen LogP contribution >= 0.6 is 0 Å². The molecule has 0 aliphatic carbocycles. The second kappa shape index (κ2) is 4.33. The number of phenols is 1. The van der Waals surface area contributed by atoms with Crippen LogP contribution in [0.2, 0.25) is 0 Å². The van der Waals surface area contributed by atoms with Crippen molar-refractivity contribution in [2.24, 2.45) is 5.73 Å². The minimum absolute atomic E-state index is 0.122. The zero-order valence-corrected chi connectivity index (χ0v) is 8.75. The number of rotatable bonds is 3. The summed E-state index contributed by atoms with van der Waals surface area (Å²) in [7, 11) is 0. The number of hydrogen-bond acceptors (Lipinski definition) is 3. The molecule has 0 bridgehead atoms. The van der Waals surface area contributed by atoms with Gasteiger partial charge in [-0.15, -0.1) is 0 Å². The van der Waals surface area contributed by atoms with Gasteiger partial charge in [0.15, 0.2) is 0 Å². The summed E-state index contributed by atoms with van der Waals surface area (Å²) in [6.07, 6.45) is 1.85. The minimum Gasteiger partial charge on any atom is -0.505 e. The Kier molecular flexibility index (Phi) is 3.36. The fourth-order valence-electron chi connectivity index (χ4n) is 1.65. The molecule has 1 aromatic rings. The van der Waals surface area contributed by atoms with Crippen LogP contribution in [0.1, 0.15) is 36.9 Å². The first kappa shape index (κ1) is 10.9. The van der Waals surface area contributed by atoms with E-state index in [4.69, 9.17) is 11.5 Å². The number of anilines is 1. The highest BCUT2D eigenvalue weighted by molar-refractivity contribution is 5.59. The van der Waals surface area contributed by atoms with Gasteiger partial charge in [-0.05, 0) is 25.0 Å². The molecule has 0 spiro atoms. The average Bonchev–Trinajstić information content (AvgIpc) is 2.13. The molecule has 0 aliphatic rings. The molecule has 78 valence electrons. The molecule has 1 aromatic carbocycles. The van der Waals surface area contributed by atoms with Crippen LogP contribution in [0.25, 0.3) is 0 Å². The largest absolute Gasteiger partial charge is 0.505 e. The van der Waals surface area contributed by atoms with Crippen molar-refractivity contribution in [1.82, 2.24) is 0 Å². The molecule has 0 unspecified atom stereocenters. The van der Waals surface area contributed by atoms with Gasteiger partial charge in [-0.2, -0.15) is 0 Å². The van der Waals surface area contributed by atoms with Crippen LogP contribution in [0.4, 0.5) is 5.69 Å². The maximum atomic E-state index is 9.77. The van der Waals surface area contributed by atoms with Crippen LogP contribution in [0.15, 0.2) is 12.1 Å². The van der Waals surface area contributed by atoms with Gasteiger partial charge in [-0.3, -0.25) is 0 Å². The van der Waals surface area contributed by atoms with Gasteiger partial charge in [-0.1, -0.05) is 19.4 Å². The molecule has 3 heteroatoms. The van der Waals surface area contributed by atoms with E-state index in [1.807, 2.05) is 13.0 Å². The van der Waals surface area contributed by atoms with Crippen molar-refractivity contribution in [2.75, 3.05) is 5.73 Å². The number of benzene rings is 1. The van der Waals surface area contributed by atoms with Crippen molar-refractivity contribution in [3.8, 4) is 5.75 Å². The molecule has 0 saturated heterocycles. The lowest BCUT2D eigenvalue weighted by Crippen LogP contribution is -2.12. The molecule has 1 rings (SSSR count). The van der Waals surface area contributed by atoms with Crippen molar-refractivity contribution in [3.63, 3.8) is 0 Å². The quantitative estimate of drug-likeness (QED) is 0.509. The maximum absolute atomic E-state index is 9.77. The Hall–Kier alpha value is -1.22. The number of phenolic OH excluding ortho intramolecular Hbond substituents is 1. The van der Waals surface area contributed by atoms with E-state index in [9.17, 15) is 5.11 Å². The predicted molar refractivity (Wildman–Crippen MR) is 59.1 cm³/mol. The number of hydrogen-bond donors (Lipinski definition) is 3. The Bertz CT molecular complexity index is 323. The summed E-state index contributed by atoms with van der Waals surface area (Å²) < 4.78 is 0. The lowest BCUT2D eigenvalue weighted by molar-refractivity contribution is 0.459. The van der Waals surface area contributed by atoms with Crippen molar-refractivity contribution < 1.29 is 5.11 Å². The Morgan fingerprint density at radius 2 is 2.07 bits per heavy atom. The average molecular weight is 194 g/mol. The summed E-state index contributed by atoms with van der Waals surface area (Å²) in [5, 5.41) is 9.77. The first-order valence-electron chi connectivity index (χ1n) is 4.91. The molecule has 0 fully saturated rings. The van der Waals surface area contributed by atoms with Crippen LogP contribution in [0.5, 0.6) is 5.75 Å². The number of nitrogen functional groups attached to an aromatic ring is 1. The summed E-state index contributed by atoms with van der Waals surface area (Å²) in [6.45, 7) is 4.00. The molecular weight excluding hydrogens is 176 g/mol. The monoisotopic (exact) mass is 194 g/mol. The first-order chi connectivity index (χ1) is 6.57. The molecule has 14 heavy (non-hydrogen) atoms. The van der Waals surface area contributed by atoms with Gasteiger partial charge in [0.25, 0.3) is 0 Å². The van der Waals surface area contributed by atoms with Gasteiger partial charge in [0.2, 0.25) is 0 Å². The third-order valence-electron chi connectivity index (χ3n) is 2.44. The zero-order chi connectivity index (χ0) is 10.7. The van der Waals surface area contributed by atoms with Crippen LogP contribution in [-0.2, 0) is 0 Å². The normalized spacial score (nSPS) is 12.8. The van der Waals surface area contributed by atoms with E-state index < -0.39 is 0 Å². The first-order valence-corrected chi connectivity index (χ1v) is 4.91. The van der Waals surface area contributed by atoms with Crippen molar-refractivity contribution >= 4 is 5.69 Å². The molecule has 0 aromatic heterocycles. The fraction of sp³-hybridized carbons (Fsp3) is 0.455. The highest BCUT2D eigenvalue weighted by atomic mass is 16.3. The predicted octanol–water partition coefficient (Wildman–Crippen LogP) is 2.08. The fourth-order valence-corrected chi connectivity index (χ4v) is 1.65. The Morgan fingerprint density at radius 3 is 2.64 bits per heavy atom. The third kappa shape index (κ3) is 1.99. The highest BCUT2D eigenvalue weighted by Gasteiger charge is 2.14. The second-order valence-corrected chi connectivity index (χ2v) is 3.63. The molecular formula is C11H18N2O. The van der Waals surface area contributed by atoms with Crippen molar-refractivity contribution in [2.45, 2.75) is 32.7 Å². The molecule has 0 aliphatic heterocycles. The van der Waals surface area contributed by atoms with Gasteiger partial charge in [0, 0.05) is 11.6 Å². The van der Waals surface area contributed by atoms with Crippen LogP contribution in [0, 0.1) is 6.92 Å². The molecule has 0 radical (unpaired) electrons. The van der Waals surface area contributed by atoms with E-state index >= 15 is 0 Å². The summed E-state index contributed by atoms with van der Waals surface area (Å²) in [4.78, 5) is 0. The van der Waals surface area contributed by atoms with Crippen LogP contribution in [0.3, 0.4) is 0 Å². The Morgan fingerprint density at radius 1 is 1.43 bits per heavy atom. The van der Waals surface area contributed by atoms with E-state index in [2.05, 4.69) is 6.92 Å². The second-order valence-electron chi connectivity index (χ2n) is 3.63.